The van der Waals surface area contributed by atoms with E-state index in [1.54, 1.807) is 6.07 Å². The van der Waals surface area contributed by atoms with Gasteiger partial charge in [-0.05, 0) is 54.5 Å². The number of hydrogen-bond acceptors (Lipinski definition) is 4. The molecule has 0 aliphatic carbocycles. The van der Waals surface area contributed by atoms with Crippen molar-refractivity contribution >= 4 is 0 Å². The molecule has 0 bridgehead atoms. The second-order valence-corrected chi connectivity index (χ2v) is 7.97. The zero-order chi connectivity index (χ0) is 21.6. The molecule has 1 aliphatic rings. The summed E-state index contributed by atoms with van der Waals surface area (Å²) in [6, 6.07) is 24.3. The third-order valence-electron chi connectivity index (χ3n) is 6.19. The summed E-state index contributed by atoms with van der Waals surface area (Å²) < 4.78 is 12.1. The SMILES string of the molecule is CCN(CC)CCOc1ccc([C@H]2c3cc(O)ccc3OC[C@H]2c2ccccc2)cc1. The molecule has 4 heteroatoms. The number of fused-ring (bicyclic) bond motifs is 1. The first-order valence-electron chi connectivity index (χ1n) is 11.1. The number of phenolic OH excluding ortho intramolecular Hbond substituents is 1. The molecule has 3 aromatic rings. The molecule has 162 valence electrons. The molecule has 3 aromatic carbocycles. The van der Waals surface area contributed by atoms with Crippen molar-refractivity contribution in [3.05, 3.63) is 89.5 Å². The van der Waals surface area contributed by atoms with E-state index in [9.17, 15) is 5.11 Å². The van der Waals surface area contributed by atoms with Crippen LogP contribution >= 0.6 is 0 Å². The fourth-order valence-corrected chi connectivity index (χ4v) is 4.41. The molecule has 0 fully saturated rings. The van der Waals surface area contributed by atoms with E-state index in [1.807, 2.05) is 18.2 Å². The topological polar surface area (TPSA) is 41.9 Å². The Kier molecular flexibility index (Phi) is 6.78. The number of ether oxygens (including phenoxy) is 2. The molecule has 0 saturated heterocycles. The maximum atomic E-state index is 10.2. The van der Waals surface area contributed by atoms with Gasteiger partial charge in [0.2, 0.25) is 0 Å². The summed E-state index contributed by atoms with van der Waals surface area (Å²) in [5.74, 6) is 2.26. The van der Waals surface area contributed by atoms with Crippen LogP contribution in [0.1, 0.15) is 42.4 Å². The van der Waals surface area contributed by atoms with Crippen LogP contribution in [-0.4, -0.2) is 42.9 Å². The van der Waals surface area contributed by atoms with Crippen LogP contribution in [0.15, 0.2) is 72.8 Å². The van der Waals surface area contributed by atoms with Crippen molar-refractivity contribution in [3.8, 4) is 17.2 Å². The first-order chi connectivity index (χ1) is 15.2. The molecule has 0 saturated carbocycles. The lowest BCUT2D eigenvalue weighted by molar-refractivity contribution is 0.222. The van der Waals surface area contributed by atoms with Gasteiger partial charge in [0, 0.05) is 23.9 Å². The molecule has 0 radical (unpaired) electrons. The van der Waals surface area contributed by atoms with Crippen molar-refractivity contribution in [2.75, 3.05) is 32.8 Å². The minimum absolute atomic E-state index is 0.1000. The number of aromatic hydroxyl groups is 1. The van der Waals surface area contributed by atoms with Gasteiger partial charge < -0.3 is 19.5 Å². The molecule has 1 N–H and O–H groups in total. The Hall–Kier alpha value is -2.98. The van der Waals surface area contributed by atoms with Crippen molar-refractivity contribution in [2.45, 2.75) is 25.7 Å². The highest BCUT2D eigenvalue weighted by Gasteiger charge is 2.33. The van der Waals surface area contributed by atoms with Gasteiger partial charge in [0.25, 0.3) is 0 Å². The zero-order valence-electron chi connectivity index (χ0n) is 18.3. The van der Waals surface area contributed by atoms with Crippen LogP contribution in [-0.2, 0) is 0 Å². The van der Waals surface area contributed by atoms with Crippen molar-refractivity contribution in [3.63, 3.8) is 0 Å². The van der Waals surface area contributed by atoms with Crippen LogP contribution in [0.2, 0.25) is 0 Å². The zero-order valence-corrected chi connectivity index (χ0v) is 18.3. The van der Waals surface area contributed by atoms with Crippen molar-refractivity contribution in [1.82, 2.24) is 4.90 Å². The summed E-state index contributed by atoms with van der Waals surface area (Å²) in [5.41, 5.74) is 3.46. The number of nitrogens with zero attached hydrogens (tertiary/aromatic N) is 1. The van der Waals surface area contributed by atoms with E-state index in [4.69, 9.17) is 9.47 Å². The Morgan fingerprint density at radius 1 is 0.935 bits per heavy atom. The minimum atomic E-state index is 0.1000. The molecule has 4 nitrogen and oxygen atoms in total. The molecule has 0 unspecified atom stereocenters. The van der Waals surface area contributed by atoms with E-state index in [-0.39, 0.29) is 17.6 Å². The molecule has 0 aromatic heterocycles. The minimum Gasteiger partial charge on any atom is -0.508 e. The number of likely N-dealkylation sites (N-methyl/N-ethyl adjacent to an activating group) is 1. The molecule has 1 aliphatic heterocycles. The maximum absolute atomic E-state index is 10.2. The fraction of sp³-hybridized carbons (Fsp3) is 0.333. The Morgan fingerprint density at radius 3 is 2.39 bits per heavy atom. The van der Waals surface area contributed by atoms with Crippen LogP contribution in [0, 0.1) is 0 Å². The molecule has 0 spiro atoms. The van der Waals surface area contributed by atoms with Crippen molar-refractivity contribution < 1.29 is 14.6 Å². The summed E-state index contributed by atoms with van der Waals surface area (Å²) in [5, 5.41) is 10.2. The van der Waals surface area contributed by atoms with E-state index in [2.05, 4.69) is 67.3 Å². The Labute approximate surface area is 185 Å². The average molecular weight is 418 g/mol. The summed E-state index contributed by atoms with van der Waals surface area (Å²) >= 11 is 0. The Morgan fingerprint density at radius 2 is 1.68 bits per heavy atom. The quantitative estimate of drug-likeness (QED) is 0.531. The predicted octanol–water partition coefficient (Wildman–Crippen LogP) is 5.42. The lowest BCUT2D eigenvalue weighted by Gasteiger charge is -2.34. The summed E-state index contributed by atoms with van der Waals surface area (Å²) in [6.07, 6.45) is 0. The first kappa shape index (κ1) is 21.3. The highest BCUT2D eigenvalue weighted by molar-refractivity contribution is 5.51. The number of hydrogen-bond donors (Lipinski definition) is 1. The lowest BCUT2D eigenvalue weighted by atomic mass is 9.76. The standard InChI is InChI=1S/C27H31NO3/c1-3-28(4-2)16-17-30-23-13-10-21(11-14-23)27-24-18-22(29)12-15-26(24)31-19-25(27)20-8-6-5-7-9-20/h5-15,18,25,27,29H,3-4,16-17,19H2,1-2H3/t25-,27-/m0/s1. The molecule has 2 atom stereocenters. The van der Waals surface area contributed by atoms with E-state index in [1.165, 1.54) is 11.1 Å². The van der Waals surface area contributed by atoms with Gasteiger partial charge in [0.15, 0.2) is 0 Å². The van der Waals surface area contributed by atoms with E-state index < -0.39 is 0 Å². The van der Waals surface area contributed by atoms with Gasteiger partial charge in [-0.1, -0.05) is 56.3 Å². The van der Waals surface area contributed by atoms with E-state index in [0.29, 0.717) is 13.2 Å². The molecule has 0 amide bonds. The lowest BCUT2D eigenvalue weighted by Crippen LogP contribution is -2.27. The normalized spacial score (nSPS) is 17.8. The van der Waals surface area contributed by atoms with Crippen LogP contribution in [0.5, 0.6) is 17.2 Å². The number of benzene rings is 3. The van der Waals surface area contributed by atoms with Gasteiger partial charge in [0.05, 0.1) is 6.61 Å². The Balaban J connectivity index is 1.59. The van der Waals surface area contributed by atoms with Crippen molar-refractivity contribution in [1.29, 1.82) is 0 Å². The smallest absolute Gasteiger partial charge is 0.123 e. The van der Waals surface area contributed by atoms with Crippen LogP contribution in [0.25, 0.3) is 0 Å². The van der Waals surface area contributed by atoms with Gasteiger partial charge in [-0.15, -0.1) is 0 Å². The first-order valence-corrected chi connectivity index (χ1v) is 11.1. The van der Waals surface area contributed by atoms with Crippen LogP contribution < -0.4 is 9.47 Å². The van der Waals surface area contributed by atoms with E-state index >= 15 is 0 Å². The average Bonchev–Trinajstić information content (AvgIpc) is 2.82. The molecular weight excluding hydrogens is 386 g/mol. The monoisotopic (exact) mass is 417 g/mol. The molecular formula is C27H31NO3. The van der Waals surface area contributed by atoms with Crippen LogP contribution in [0.3, 0.4) is 0 Å². The molecule has 1 heterocycles. The van der Waals surface area contributed by atoms with Crippen LogP contribution in [0.4, 0.5) is 0 Å². The second kappa shape index (κ2) is 9.88. The molecule has 4 rings (SSSR count). The van der Waals surface area contributed by atoms with E-state index in [0.717, 1.165) is 36.7 Å². The number of rotatable bonds is 8. The maximum Gasteiger partial charge on any atom is 0.123 e. The predicted molar refractivity (Wildman–Crippen MR) is 124 cm³/mol. The van der Waals surface area contributed by atoms with Gasteiger partial charge in [0.1, 0.15) is 23.9 Å². The fourth-order valence-electron chi connectivity index (χ4n) is 4.41. The largest absolute Gasteiger partial charge is 0.508 e. The van der Waals surface area contributed by atoms with Gasteiger partial charge in [-0.2, -0.15) is 0 Å². The van der Waals surface area contributed by atoms with Crippen molar-refractivity contribution in [2.24, 2.45) is 0 Å². The highest BCUT2D eigenvalue weighted by Crippen LogP contribution is 2.47. The number of phenols is 1. The summed E-state index contributed by atoms with van der Waals surface area (Å²) in [6.45, 7) is 8.63. The summed E-state index contributed by atoms with van der Waals surface area (Å²) in [7, 11) is 0. The van der Waals surface area contributed by atoms with Gasteiger partial charge in [-0.3, -0.25) is 0 Å². The Bertz CT molecular complexity index is 968. The van der Waals surface area contributed by atoms with Gasteiger partial charge >= 0.3 is 0 Å². The highest BCUT2D eigenvalue weighted by atomic mass is 16.5. The molecule has 31 heavy (non-hydrogen) atoms. The second-order valence-electron chi connectivity index (χ2n) is 7.97. The third kappa shape index (κ3) is 4.86. The third-order valence-corrected chi connectivity index (χ3v) is 6.19. The van der Waals surface area contributed by atoms with Gasteiger partial charge in [-0.25, -0.2) is 0 Å². The summed E-state index contributed by atoms with van der Waals surface area (Å²) in [4.78, 5) is 2.35.